The number of Topliss-reactive ketones (excluding diaryl/α,β-unsaturated/α-hetero) is 2. The van der Waals surface area contributed by atoms with E-state index in [4.69, 9.17) is 11.5 Å². The Kier molecular flexibility index (Phi) is 6.48. The van der Waals surface area contributed by atoms with Crippen molar-refractivity contribution in [2.45, 2.75) is 43.5 Å². The van der Waals surface area contributed by atoms with Crippen molar-refractivity contribution < 1.29 is 34.8 Å². The van der Waals surface area contributed by atoms with Gasteiger partial charge in [-0.05, 0) is 36.0 Å². The van der Waals surface area contributed by atoms with Crippen LogP contribution in [0.1, 0.15) is 39.9 Å². The lowest BCUT2D eigenvalue weighted by Crippen LogP contribution is -2.71. The van der Waals surface area contributed by atoms with E-state index in [1.165, 1.54) is 0 Å². The number of hydrogen-bond acceptors (Lipinski definition) is 10. The summed E-state index contributed by atoms with van der Waals surface area (Å²) in [7, 11) is 3.61. The average Bonchev–Trinajstić information content (AvgIpc) is 2.87. The smallest absolute Gasteiger partial charge is 0.255 e. The van der Waals surface area contributed by atoms with Gasteiger partial charge in [-0.15, -0.1) is 0 Å². The molecule has 3 aliphatic rings. The number of aromatic hydroxyl groups is 1. The van der Waals surface area contributed by atoms with Gasteiger partial charge >= 0.3 is 0 Å². The van der Waals surface area contributed by atoms with Gasteiger partial charge in [-0.2, -0.15) is 0 Å². The number of benzene rings is 2. The first-order valence-corrected chi connectivity index (χ1v) is 12.9. The molecule has 0 heterocycles. The molecular weight excluding hydrogens is 516 g/mol. The zero-order valence-corrected chi connectivity index (χ0v) is 22.2. The fraction of sp³-hybridized carbons (Fsp3) is 0.345. The summed E-state index contributed by atoms with van der Waals surface area (Å²) in [5, 5.41) is 47.8. The third kappa shape index (κ3) is 3.88. The molecule has 11 nitrogen and oxygen atoms in total. The van der Waals surface area contributed by atoms with Crippen LogP contribution in [0.15, 0.2) is 59.1 Å². The van der Waals surface area contributed by atoms with Gasteiger partial charge in [0.25, 0.3) is 5.91 Å². The first-order chi connectivity index (χ1) is 18.8. The molecule has 9 N–H and O–H groups in total. The maximum absolute atomic E-state index is 14.0. The Bertz CT molecular complexity index is 1510. The van der Waals surface area contributed by atoms with Crippen LogP contribution < -0.4 is 21.7 Å². The maximum Gasteiger partial charge on any atom is 0.255 e. The van der Waals surface area contributed by atoms with E-state index >= 15 is 0 Å². The van der Waals surface area contributed by atoms with E-state index in [0.717, 1.165) is 5.56 Å². The number of primary amides is 1. The zero-order valence-electron chi connectivity index (χ0n) is 22.2. The van der Waals surface area contributed by atoms with E-state index in [0.29, 0.717) is 23.4 Å². The Balaban J connectivity index is 1.60. The first kappa shape index (κ1) is 27.4. The summed E-state index contributed by atoms with van der Waals surface area (Å²) in [6.45, 7) is 0.754. The number of phenols is 1. The molecule has 3 aliphatic carbocycles. The number of phenolic OH excluding ortho intramolecular Hbond substituents is 1. The van der Waals surface area contributed by atoms with Crippen molar-refractivity contribution in [2.75, 3.05) is 19.0 Å². The molecule has 0 radical (unpaired) electrons. The number of ketones is 2. The lowest BCUT2D eigenvalue weighted by Gasteiger charge is -2.52. The highest BCUT2D eigenvalue weighted by atomic mass is 16.4. The fourth-order valence-corrected chi connectivity index (χ4v) is 6.32. The number of anilines is 1. The number of fused-ring (bicyclic) bond motifs is 3. The fourth-order valence-electron chi connectivity index (χ4n) is 6.32. The summed E-state index contributed by atoms with van der Waals surface area (Å²) in [6.07, 6.45) is -0.514. The van der Waals surface area contributed by atoms with Gasteiger partial charge in [0.05, 0.1) is 11.1 Å². The van der Waals surface area contributed by atoms with E-state index in [-0.39, 0.29) is 36.3 Å². The number of carbonyl (C=O) groups excluding carboxylic acids is 3. The summed E-state index contributed by atoms with van der Waals surface area (Å²) >= 11 is 0. The molecular formula is C29H32N4O7. The van der Waals surface area contributed by atoms with E-state index in [1.54, 1.807) is 20.2 Å². The van der Waals surface area contributed by atoms with E-state index in [9.17, 15) is 34.8 Å². The third-order valence-corrected chi connectivity index (χ3v) is 8.27. The van der Waals surface area contributed by atoms with Gasteiger partial charge in [-0.25, -0.2) is 0 Å². The molecule has 2 aromatic carbocycles. The van der Waals surface area contributed by atoms with Crippen molar-refractivity contribution >= 4 is 23.2 Å². The van der Waals surface area contributed by atoms with E-state index < -0.39 is 58.0 Å². The lowest BCUT2D eigenvalue weighted by atomic mass is 9.56. The van der Waals surface area contributed by atoms with E-state index in [2.05, 4.69) is 5.32 Å². The molecule has 5 rings (SSSR count). The molecule has 3 atom stereocenters. The number of allylic oxidation sites excluding steroid dienone is 1. The first-order valence-electron chi connectivity index (χ1n) is 12.9. The Morgan fingerprint density at radius 1 is 1.12 bits per heavy atom. The van der Waals surface area contributed by atoms with Crippen LogP contribution >= 0.6 is 0 Å². The second-order valence-corrected chi connectivity index (χ2v) is 11.0. The quantitative estimate of drug-likeness (QED) is 0.256. The van der Waals surface area contributed by atoms with Gasteiger partial charge in [-0.1, -0.05) is 30.3 Å². The Morgan fingerprint density at radius 2 is 1.80 bits per heavy atom. The number of hydrogen-bond donors (Lipinski definition) is 7. The molecule has 0 aliphatic heterocycles. The minimum absolute atomic E-state index is 0.0367. The van der Waals surface area contributed by atoms with Crippen molar-refractivity contribution in [3.05, 3.63) is 81.3 Å². The van der Waals surface area contributed by atoms with Crippen LogP contribution in [-0.4, -0.2) is 63.1 Å². The van der Waals surface area contributed by atoms with Gasteiger partial charge in [0.15, 0.2) is 5.78 Å². The predicted octanol–water partition coefficient (Wildman–Crippen LogP) is 1.02. The lowest BCUT2D eigenvalue weighted by molar-refractivity contribution is -0.146. The van der Waals surface area contributed by atoms with Crippen molar-refractivity contribution in [2.24, 2.45) is 17.4 Å². The Morgan fingerprint density at radius 3 is 2.42 bits per heavy atom. The number of nitrogens with two attached hydrogens (primary N) is 2. The molecule has 210 valence electrons. The van der Waals surface area contributed by atoms with Gasteiger partial charge in [0, 0.05) is 50.4 Å². The molecule has 0 bridgehead atoms. The highest BCUT2D eigenvalue weighted by molar-refractivity contribution is 6.25. The second-order valence-electron chi connectivity index (χ2n) is 11.0. The minimum Gasteiger partial charge on any atom is -0.511 e. The van der Waals surface area contributed by atoms with Crippen LogP contribution in [0, 0.1) is 5.92 Å². The van der Waals surface area contributed by atoms with Gasteiger partial charge in [0.1, 0.15) is 22.8 Å². The molecule has 1 amide bonds. The molecule has 0 spiro atoms. The largest absolute Gasteiger partial charge is 0.511 e. The van der Waals surface area contributed by atoms with Crippen LogP contribution in [-0.2, 0) is 29.1 Å². The Labute approximate surface area is 230 Å². The maximum atomic E-state index is 14.0. The summed E-state index contributed by atoms with van der Waals surface area (Å²) in [5.74, 6) is -6.09. The number of aliphatic hydroxyl groups is 3. The molecule has 0 saturated heterocycles. The summed E-state index contributed by atoms with van der Waals surface area (Å²) in [6, 6.07) is 11.5. The van der Waals surface area contributed by atoms with Crippen LogP contribution in [0.3, 0.4) is 0 Å². The number of aliphatic hydroxyl groups excluding tert-OH is 2. The van der Waals surface area contributed by atoms with Crippen molar-refractivity contribution in [1.29, 1.82) is 0 Å². The van der Waals surface area contributed by atoms with Crippen LogP contribution in [0.4, 0.5) is 5.69 Å². The standard InChI is InChI=1S/C29H32N4O7/c1-33(2)18-9-16(13-32-12-14-6-4-3-5-7-14)23(35)21-17(18)8-15-10-28(31)11-19(34)22(27(30)39)26(38)29(28,40)25(37)20(15)24(21)36/h3-7,9,15,32,34-35,37,40H,8,10-13,31H2,1-2H3,(H2,30,39)/t15-,28+,29-/m0/s1. The summed E-state index contributed by atoms with van der Waals surface area (Å²) < 4.78 is 0. The molecule has 0 fully saturated rings. The third-order valence-electron chi connectivity index (χ3n) is 8.27. The van der Waals surface area contributed by atoms with Gasteiger partial charge in [0.2, 0.25) is 11.4 Å². The summed E-state index contributed by atoms with van der Waals surface area (Å²) in [4.78, 5) is 40.9. The van der Waals surface area contributed by atoms with Crippen LogP contribution in [0.2, 0.25) is 0 Å². The number of amides is 1. The van der Waals surface area contributed by atoms with Gasteiger partial charge < -0.3 is 42.1 Å². The molecule has 40 heavy (non-hydrogen) atoms. The highest BCUT2D eigenvalue weighted by Gasteiger charge is 2.66. The number of carbonyl (C=O) groups is 3. The van der Waals surface area contributed by atoms with Crippen LogP contribution in [0.25, 0.3) is 0 Å². The average molecular weight is 549 g/mol. The molecule has 2 aromatic rings. The molecule has 0 unspecified atom stereocenters. The van der Waals surface area contributed by atoms with Gasteiger partial charge in [-0.3, -0.25) is 14.4 Å². The highest BCUT2D eigenvalue weighted by Crippen LogP contribution is 2.53. The van der Waals surface area contributed by atoms with Crippen molar-refractivity contribution in [3.63, 3.8) is 0 Å². The molecule has 11 heteroatoms. The van der Waals surface area contributed by atoms with Crippen molar-refractivity contribution in [1.82, 2.24) is 5.32 Å². The topological polar surface area (TPSA) is 199 Å². The molecule has 0 aromatic heterocycles. The number of nitrogens with one attached hydrogen (secondary N) is 1. The second kappa shape index (κ2) is 9.47. The number of rotatable bonds is 6. The zero-order chi connectivity index (χ0) is 29.1. The monoisotopic (exact) mass is 548 g/mol. The van der Waals surface area contributed by atoms with Crippen molar-refractivity contribution in [3.8, 4) is 5.75 Å². The van der Waals surface area contributed by atoms with E-state index in [1.807, 2.05) is 35.2 Å². The summed E-state index contributed by atoms with van der Waals surface area (Å²) in [5.41, 5.74) is 8.49. The predicted molar refractivity (Wildman–Crippen MR) is 146 cm³/mol. The number of nitrogens with zero attached hydrogens (tertiary/aromatic N) is 1. The SMILES string of the molecule is CN(C)c1cc(CNCc2ccccc2)c(O)c2c1C[C@H]1C[C@@]3(N)CC(O)=C(C(N)=O)C(=O)[C@@]3(O)C(O)=C1C2=O. The minimum atomic E-state index is -2.86. The Hall–Kier alpha value is -4.19. The van der Waals surface area contributed by atoms with Crippen LogP contribution in [0.5, 0.6) is 5.75 Å². The normalized spacial score (nSPS) is 25.9. The molecule has 0 saturated carbocycles.